The number of rotatable bonds is 6. The predicted molar refractivity (Wildman–Crippen MR) is 109 cm³/mol. The number of amides is 2. The van der Waals surface area contributed by atoms with Crippen LogP contribution in [0.1, 0.15) is 34.8 Å². The van der Waals surface area contributed by atoms with Gasteiger partial charge in [0.1, 0.15) is 11.6 Å². The van der Waals surface area contributed by atoms with Crippen LogP contribution in [0.5, 0.6) is 0 Å². The highest BCUT2D eigenvalue weighted by Gasteiger charge is 2.44. The Bertz CT molecular complexity index is 1180. The summed E-state index contributed by atoms with van der Waals surface area (Å²) in [4.78, 5) is 25.9. The second-order valence-corrected chi connectivity index (χ2v) is 10.3. The van der Waals surface area contributed by atoms with Crippen molar-refractivity contribution in [2.24, 2.45) is 0 Å². The fraction of sp³-hybridized carbons (Fsp3) is 0.333. The van der Waals surface area contributed by atoms with Crippen LogP contribution in [0.2, 0.25) is 0 Å². The molecule has 0 saturated carbocycles. The highest BCUT2D eigenvalue weighted by Crippen LogP contribution is 2.34. The summed E-state index contributed by atoms with van der Waals surface area (Å²) in [6.45, 7) is 2.46. The predicted octanol–water partition coefficient (Wildman–Crippen LogP) is 2.59. The number of fused-ring (bicyclic) bond motifs is 1. The molecular formula is C21H22F2N2O5S. The van der Waals surface area contributed by atoms with Crippen LogP contribution in [0, 0.1) is 18.6 Å². The minimum Gasteiger partial charge on any atom is -0.334 e. The van der Waals surface area contributed by atoms with Gasteiger partial charge in [0.15, 0.2) is 14.6 Å². The molecule has 0 spiro atoms. The minimum atomic E-state index is -3.93. The van der Waals surface area contributed by atoms with Gasteiger partial charge < -0.3 is 4.90 Å². The van der Waals surface area contributed by atoms with E-state index in [0.29, 0.717) is 11.1 Å². The second-order valence-electron chi connectivity index (χ2n) is 7.84. The summed E-state index contributed by atoms with van der Waals surface area (Å²) in [5.41, 5.74) is 2.50. The molecule has 3 rings (SSSR count). The maximum Gasteiger partial charge on any atom is 0.264 e. The second kappa shape index (κ2) is 8.01. The molecule has 0 fully saturated rings. The molecule has 0 aliphatic carbocycles. The fourth-order valence-corrected chi connectivity index (χ4v) is 4.35. The average Bonchev–Trinajstić information content (AvgIpc) is 3.04. The summed E-state index contributed by atoms with van der Waals surface area (Å²) >= 11 is 0. The summed E-state index contributed by atoms with van der Waals surface area (Å²) in [5.74, 6) is -2.75. The Morgan fingerprint density at radius 2 is 1.87 bits per heavy atom. The van der Waals surface area contributed by atoms with Gasteiger partial charge >= 0.3 is 0 Å². The first kappa shape index (κ1) is 22.8. The van der Waals surface area contributed by atoms with Crippen LogP contribution in [0.3, 0.4) is 0 Å². The molecule has 0 bridgehead atoms. The van der Waals surface area contributed by atoms with E-state index in [-0.39, 0.29) is 36.2 Å². The number of halogens is 2. The van der Waals surface area contributed by atoms with Crippen LogP contribution in [-0.2, 0) is 21.2 Å². The number of hydrogen-bond acceptors (Lipinski definition) is 5. The van der Waals surface area contributed by atoms with Crippen LogP contribution in [0.4, 0.5) is 8.78 Å². The van der Waals surface area contributed by atoms with Crippen LogP contribution in [0.15, 0.2) is 30.3 Å². The molecule has 0 radical (unpaired) electrons. The maximum absolute atomic E-state index is 15.2. The molecule has 1 unspecified atom stereocenters. The third kappa shape index (κ3) is 3.92. The van der Waals surface area contributed by atoms with E-state index in [1.54, 1.807) is 13.0 Å². The SMILES string of the molecule is Cc1ccc(-c2ccc3c(c2F)CN(CCC(C)(C(=O)NO)S(C)(=O)=O)C3=O)cc1F. The van der Waals surface area contributed by atoms with Crippen molar-refractivity contribution in [1.29, 1.82) is 0 Å². The van der Waals surface area contributed by atoms with Gasteiger partial charge in [0.2, 0.25) is 0 Å². The Balaban J connectivity index is 1.88. The van der Waals surface area contributed by atoms with Crippen molar-refractivity contribution in [2.75, 3.05) is 12.8 Å². The number of aryl methyl sites for hydroxylation is 1. The number of sulfone groups is 1. The first-order valence-electron chi connectivity index (χ1n) is 9.42. The third-order valence-electron chi connectivity index (χ3n) is 5.85. The minimum absolute atomic E-state index is 0.121. The van der Waals surface area contributed by atoms with Crippen molar-refractivity contribution < 1.29 is 32.0 Å². The van der Waals surface area contributed by atoms with Crippen LogP contribution in [0.25, 0.3) is 11.1 Å². The van der Waals surface area contributed by atoms with Crippen molar-refractivity contribution in [2.45, 2.75) is 31.6 Å². The first-order valence-corrected chi connectivity index (χ1v) is 11.3. The smallest absolute Gasteiger partial charge is 0.264 e. The van der Waals surface area contributed by atoms with E-state index >= 15 is 4.39 Å². The van der Waals surface area contributed by atoms with Gasteiger partial charge in [-0.05, 0) is 43.5 Å². The molecule has 1 aliphatic rings. The van der Waals surface area contributed by atoms with E-state index in [2.05, 4.69) is 0 Å². The lowest BCUT2D eigenvalue weighted by Gasteiger charge is -2.27. The van der Waals surface area contributed by atoms with Crippen molar-refractivity contribution in [3.05, 3.63) is 58.7 Å². The molecule has 166 valence electrons. The van der Waals surface area contributed by atoms with E-state index in [9.17, 15) is 22.4 Å². The molecule has 0 saturated heterocycles. The molecule has 1 heterocycles. The van der Waals surface area contributed by atoms with Gasteiger partial charge in [-0.1, -0.05) is 18.2 Å². The normalized spacial score (nSPS) is 15.5. The van der Waals surface area contributed by atoms with Gasteiger partial charge in [0, 0.05) is 36.0 Å². The number of carbonyl (C=O) groups is 2. The average molecular weight is 452 g/mol. The molecular weight excluding hydrogens is 430 g/mol. The lowest BCUT2D eigenvalue weighted by Crippen LogP contribution is -2.50. The van der Waals surface area contributed by atoms with Gasteiger partial charge in [-0.25, -0.2) is 22.7 Å². The van der Waals surface area contributed by atoms with Crippen LogP contribution < -0.4 is 5.48 Å². The molecule has 10 heteroatoms. The molecule has 0 aromatic heterocycles. The molecule has 2 N–H and O–H groups in total. The lowest BCUT2D eigenvalue weighted by molar-refractivity contribution is -0.131. The Kier molecular flexibility index (Phi) is 5.90. The summed E-state index contributed by atoms with van der Waals surface area (Å²) in [7, 11) is -3.93. The first-order chi connectivity index (χ1) is 14.4. The zero-order chi connectivity index (χ0) is 23.1. The standard InChI is InChI=1S/C21H22F2N2O5S/c1-12-4-5-13(10-17(12)22)14-6-7-15-16(18(14)23)11-25(19(15)26)9-8-21(2,20(27)24-28)31(3,29)30/h4-7,10,28H,8-9,11H2,1-3H3,(H,24,27). The van der Waals surface area contributed by atoms with E-state index < -0.39 is 38.0 Å². The van der Waals surface area contributed by atoms with Gasteiger partial charge in [0.05, 0.1) is 0 Å². The van der Waals surface area contributed by atoms with E-state index in [0.717, 1.165) is 13.2 Å². The lowest BCUT2D eigenvalue weighted by atomic mass is 9.98. The zero-order valence-electron chi connectivity index (χ0n) is 17.2. The van der Waals surface area contributed by atoms with Gasteiger partial charge in [-0.3, -0.25) is 14.8 Å². The Labute approximate surface area is 178 Å². The molecule has 2 aromatic rings. The largest absolute Gasteiger partial charge is 0.334 e. The van der Waals surface area contributed by atoms with Crippen LogP contribution in [-0.4, -0.2) is 47.9 Å². The molecule has 2 amide bonds. The summed E-state index contributed by atoms with van der Waals surface area (Å²) < 4.78 is 51.3. The molecule has 7 nitrogen and oxygen atoms in total. The molecule has 1 atom stereocenters. The van der Waals surface area contributed by atoms with Crippen molar-refractivity contribution >= 4 is 21.7 Å². The molecule has 2 aromatic carbocycles. The van der Waals surface area contributed by atoms with E-state index in [4.69, 9.17) is 5.21 Å². The van der Waals surface area contributed by atoms with Gasteiger partial charge in [0.25, 0.3) is 11.8 Å². The van der Waals surface area contributed by atoms with E-state index in [1.165, 1.54) is 34.6 Å². The maximum atomic E-state index is 15.2. The number of carbonyl (C=O) groups excluding carboxylic acids is 2. The molecule has 31 heavy (non-hydrogen) atoms. The summed E-state index contributed by atoms with van der Waals surface area (Å²) in [6, 6.07) is 7.19. The summed E-state index contributed by atoms with van der Waals surface area (Å²) in [6.07, 6.45) is 0.561. The van der Waals surface area contributed by atoms with Crippen molar-refractivity contribution in [1.82, 2.24) is 10.4 Å². The molecule has 1 aliphatic heterocycles. The highest BCUT2D eigenvalue weighted by molar-refractivity contribution is 7.92. The highest BCUT2D eigenvalue weighted by atomic mass is 32.2. The Morgan fingerprint density at radius 1 is 1.23 bits per heavy atom. The summed E-state index contributed by atoms with van der Waals surface area (Å²) in [5, 5.41) is 8.91. The Morgan fingerprint density at radius 3 is 2.45 bits per heavy atom. The number of benzene rings is 2. The van der Waals surface area contributed by atoms with Crippen molar-refractivity contribution in [3.63, 3.8) is 0 Å². The number of nitrogens with one attached hydrogen (secondary N) is 1. The van der Waals surface area contributed by atoms with Gasteiger partial charge in [-0.2, -0.15) is 0 Å². The fourth-order valence-electron chi connectivity index (χ4n) is 3.51. The number of hydrogen-bond donors (Lipinski definition) is 2. The van der Waals surface area contributed by atoms with Gasteiger partial charge in [-0.15, -0.1) is 0 Å². The zero-order valence-corrected chi connectivity index (χ0v) is 18.0. The third-order valence-corrected chi connectivity index (χ3v) is 7.88. The van der Waals surface area contributed by atoms with Crippen molar-refractivity contribution in [3.8, 4) is 11.1 Å². The van der Waals surface area contributed by atoms with E-state index in [1.807, 2.05) is 0 Å². The Hall–Kier alpha value is -2.85. The monoisotopic (exact) mass is 452 g/mol. The van der Waals surface area contributed by atoms with Crippen LogP contribution >= 0.6 is 0 Å². The topological polar surface area (TPSA) is 104 Å². The quantitative estimate of drug-likeness (QED) is 0.518. The number of nitrogens with zero attached hydrogens (tertiary/aromatic N) is 1. The number of hydroxylamine groups is 1.